The topological polar surface area (TPSA) is 74.7 Å². The number of nitrogens with one attached hydrogen (secondary N) is 1. The second kappa shape index (κ2) is 7.23. The minimum absolute atomic E-state index is 0.114. The van der Waals surface area contributed by atoms with E-state index in [4.69, 9.17) is 0 Å². The Hall–Kier alpha value is -2.36. The van der Waals surface area contributed by atoms with Gasteiger partial charge in [0.15, 0.2) is 0 Å². The Kier molecular flexibility index (Phi) is 4.90. The van der Waals surface area contributed by atoms with Gasteiger partial charge in [-0.2, -0.15) is 0 Å². The molecule has 0 aliphatic carbocycles. The molecule has 3 aromatic rings. The van der Waals surface area contributed by atoms with Gasteiger partial charge in [0.05, 0.1) is 15.1 Å². The zero-order chi connectivity index (χ0) is 19.9. The Balaban J connectivity index is 1.53. The normalized spacial score (nSPS) is 15.9. The summed E-state index contributed by atoms with van der Waals surface area (Å²) in [7, 11) is 0.0596. The maximum Gasteiger partial charge on any atom is 0.307 e. The lowest BCUT2D eigenvalue weighted by Crippen LogP contribution is -2.44. The SMILES string of the molecule is CN1CCN(c2ccc(NS(=O)(=O)c3ccc4c(c3)sc(=O)n4C)cc2)CC1. The Morgan fingerprint density at radius 2 is 1.64 bits per heavy atom. The monoisotopic (exact) mass is 418 g/mol. The number of piperazine rings is 1. The third-order valence-corrected chi connectivity index (χ3v) is 7.44. The number of hydrogen-bond donors (Lipinski definition) is 1. The zero-order valence-electron chi connectivity index (χ0n) is 15.8. The Morgan fingerprint density at radius 1 is 0.964 bits per heavy atom. The third kappa shape index (κ3) is 3.65. The minimum Gasteiger partial charge on any atom is -0.369 e. The lowest BCUT2D eigenvalue weighted by atomic mass is 10.2. The highest BCUT2D eigenvalue weighted by atomic mass is 32.2. The van der Waals surface area contributed by atoms with Crippen LogP contribution in [0.2, 0.25) is 0 Å². The van der Waals surface area contributed by atoms with Gasteiger partial charge in [-0.05, 0) is 49.5 Å². The highest BCUT2D eigenvalue weighted by Gasteiger charge is 2.18. The van der Waals surface area contributed by atoms with Crippen molar-refractivity contribution in [1.82, 2.24) is 9.47 Å². The van der Waals surface area contributed by atoms with Crippen LogP contribution in [0.5, 0.6) is 0 Å². The molecule has 0 saturated carbocycles. The summed E-state index contributed by atoms with van der Waals surface area (Å²) in [6.45, 7) is 3.95. The first-order chi connectivity index (χ1) is 13.3. The fourth-order valence-corrected chi connectivity index (χ4v) is 5.38. The van der Waals surface area contributed by atoms with Crippen LogP contribution in [-0.2, 0) is 17.1 Å². The molecule has 1 aliphatic rings. The van der Waals surface area contributed by atoms with Crippen molar-refractivity contribution in [3.8, 4) is 0 Å². The molecule has 1 saturated heterocycles. The molecule has 0 bridgehead atoms. The third-order valence-electron chi connectivity index (χ3n) is 5.06. The number of nitrogens with zero attached hydrogens (tertiary/aromatic N) is 3. The van der Waals surface area contributed by atoms with E-state index < -0.39 is 10.0 Å². The van der Waals surface area contributed by atoms with Crippen molar-refractivity contribution in [3.63, 3.8) is 0 Å². The molecule has 0 spiro atoms. The first kappa shape index (κ1) is 19.0. The van der Waals surface area contributed by atoms with E-state index in [9.17, 15) is 13.2 Å². The van der Waals surface area contributed by atoms with Crippen molar-refractivity contribution in [2.75, 3.05) is 42.8 Å². The number of rotatable bonds is 4. The van der Waals surface area contributed by atoms with Gasteiger partial charge < -0.3 is 14.4 Å². The van der Waals surface area contributed by atoms with Crippen LogP contribution in [0.15, 0.2) is 52.2 Å². The number of likely N-dealkylation sites (N-methyl/N-ethyl adjacent to an activating group) is 1. The van der Waals surface area contributed by atoms with E-state index in [2.05, 4.69) is 21.6 Å². The van der Waals surface area contributed by atoms with Crippen molar-refractivity contribution in [3.05, 3.63) is 52.1 Å². The van der Waals surface area contributed by atoms with Crippen LogP contribution in [-0.4, -0.2) is 51.1 Å². The molecule has 0 unspecified atom stereocenters. The Labute approximate surface area is 167 Å². The number of benzene rings is 2. The van der Waals surface area contributed by atoms with Crippen LogP contribution in [0.3, 0.4) is 0 Å². The van der Waals surface area contributed by atoms with E-state index in [0.717, 1.165) is 48.7 Å². The van der Waals surface area contributed by atoms with Crippen LogP contribution in [0.4, 0.5) is 11.4 Å². The molecule has 148 valence electrons. The summed E-state index contributed by atoms with van der Waals surface area (Å²) < 4.78 is 30.3. The number of sulfonamides is 1. The predicted octanol–water partition coefficient (Wildman–Crippen LogP) is 2.15. The van der Waals surface area contributed by atoms with Crippen LogP contribution < -0.4 is 14.5 Å². The van der Waals surface area contributed by atoms with Crippen molar-refractivity contribution in [2.45, 2.75) is 4.90 Å². The molecule has 9 heteroatoms. The summed E-state index contributed by atoms with van der Waals surface area (Å²) in [5, 5.41) is 0. The Morgan fingerprint density at radius 3 is 2.32 bits per heavy atom. The van der Waals surface area contributed by atoms with Crippen LogP contribution in [0, 0.1) is 0 Å². The van der Waals surface area contributed by atoms with E-state index in [0.29, 0.717) is 10.4 Å². The number of fused-ring (bicyclic) bond motifs is 1. The molecule has 4 rings (SSSR count). The molecule has 2 aromatic carbocycles. The quantitative estimate of drug-likeness (QED) is 0.703. The molecule has 1 fully saturated rings. The van der Waals surface area contributed by atoms with E-state index >= 15 is 0 Å². The standard InChI is InChI=1S/C19H22N4O3S2/c1-21-9-11-23(12-10-21)15-5-3-14(4-6-15)20-28(25,26)16-7-8-17-18(13-16)27-19(24)22(17)2/h3-8,13,20H,9-12H2,1-2H3. The summed E-state index contributed by atoms with van der Waals surface area (Å²) in [5.74, 6) is 0. The zero-order valence-corrected chi connectivity index (χ0v) is 17.4. The van der Waals surface area contributed by atoms with Gasteiger partial charge in [-0.15, -0.1) is 0 Å². The summed E-state index contributed by atoms with van der Waals surface area (Å²) in [6, 6.07) is 12.2. The highest BCUT2D eigenvalue weighted by molar-refractivity contribution is 7.92. The van der Waals surface area contributed by atoms with Gasteiger partial charge in [0.25, 0.3) is 10.0 Å². The molecule has 1 aromatic heterocycles. The average molecular weight is 419 g/mol. The van der Waals surface area contributed by atoms with Crippen molar-refractivity contribution in [2.24, 2.45) is 7.05 Å². The smallest absolute Gasteiger partial charge is 0.307 e. The molecule has 28 heavy (non-hydrogen) atoms. The van der Waals surface area contributed by atoms with E-state index in [1.165, 1.54) is 10.6 Å². The number of aromatic nitrogens is 1. The number of aryl methyl sites for hydroxylation is 1. The van der Waals surface area contributed by atoms with Crippen LogP contribution in [0.25, 0.3) is 10.2 Å². The van der Waals surface area contributed by atoms with Crippen LogP contribution >= 0.6 is 11.3 Å². The molecule has 2 heterocycles. The van der Waals surface area contributed by atoms with E-state index in [1.807, 2.05) is 12.1 Å². The van der Waals surface area contributed by atoms with Crippen molar-refractivity contribution < 1.29 is 8.42 Å². The largest absolute Gasteiger partial charge is 0.369 e. The summed E-state index contributed by atoms with van der Waals surface area (Å²) in [6.07, 6.45) is 0. The van der Waals surface area contributed by atoms with Gasteiger partial charge in [-0.1, -0.05) is 11.3 Å². The second-order valence-corrected chi connectivity index (χ2v) is 9.67. The number of hydrogen-bond acceptors (Lipinski definition) is 6. The molecule has 1 N–H and O–H groups in total. The second-order valence-electron chi connectivity index (χ2n) is 7.00. The predicted molar refractivity (Wildman–Crippen MR) is 114 cm³/mol. The maximum absolute atomic E-state index is 12.8. The summed E-state index contributed by atoms with van der Waals surface area (Å²) in [4.78, 5) is 16.4. The van der Waals surface area contributed by atoms with Crippen molar-refractivity contribution >= 4 is 43.0 Å². The Bertz CT molecular complexity index is 1160. The molecule has 1 aliphatic heterocycles. The van der Waals surface area contributed by atoms with Gasteiger partial charge in [-0.3, -0.25) is 9.52 Å². The lowest BCUT2D eigenvalue weighted by Gasteiger charge is -2.34. The fourth-order valence-electron chi connectivity index (χ4n) is 3.30. The number of anilines is 2. The molecular formula is C19H22N4O3S2. The van der Waals surface area contributed by atoms with Crippen LogP contribution in [0.1, 0.15) is 0 Å². The summed E-state index contributed by atoms with van der Waals surface area (Å²) >= 11 is 1.04. The van der Waals surface area contributed by atoms with Gasteiger partial charge in [0, 0.05) is 44.6 Å². The van der Waals surface area contributed by atoms with Gasteiger partial charge >= 0.3 is 4.87 Å². The molecule has 0 amide bonds. The van der Waals surface area contributed by atoms with Gasteiger partial charge in [0.1, 0.15) is 0 Å². The highest BCUT2D eigenvalue weighted by Crippen LogP contribution is 2.24. The molecular weight excluding hydrogens is 396 g/mol. The summed E-state index contributed by atoms with van der Waals surface area (Å²) in [5.41, 5.74) is 2.33. The fraction of sp³-hybridized carbons (Fsp3) is 0.316. The molecule has 0 radical (unpaired) electrons. The first-order valence-corrected chi connectivity index (χ1v) is 11.3. The molecule has 0 atom stereocenters. The number of thiazole rings is 1. The maximum atomic E-state index is 12.8. The van der Waals surface area contributed by atoms with E-state index in [-0.39, 0.29) is 9.77 Å². The van der Waals surface area contributed by atoms with Crippen molar-refractivity contribution in [1.29, 1.82) is 0 Å². The lowest BCUT2D eigenvalue weighted by molar-refractivity contribution is 0.313. The van der Waals surface area contributed by atoms with Gasteiger partial charge in [-0.25, -0.2) is 8.42 Å². The minimum atomic E-state index is -3.73. The average Bonchev–Trinajstić information content (AvgIpc) is 2.96. The molecule has 7 nitrogen and oxygen atoms in total. The van der Waals surface area contributed by atoms with Gasteiger partial charge in [0.2, 0.25) is 0 Å². The van der Waals surface area contributed by atoms with E-state index in [1.54, 1.807) is 31.3 Å². The first-order valence-electron chi connectivity index (χ1n) is 8.99.